The number of benzene rings is 2. The summed E-state index contributed by atoms with van der Waals surface area (Å²) in [6.07, 6.45) is 0. The first kappa shape index (κ1) is 14.7. The molecule has 0 aromatic heterocycles. The molecule has 0 aliphatic carbocycles. The molecular formula is C16H12F2N2O. The van der Waals surface area contributed by atoms with E-state index in [1.165, 1.54) is 0 Å². The van der Waals surface area contributed by atoms with E-state index in [-0.39, 0.29) is 12.1 Å². The van der Waals surface area contributed by atoms with Crippen LogP contribution in [0.3, 0.4) is 0 Å². The first-order valence-corrected chi connectivity index (χ1v) is 6.21. The molecule has 0 unspecified atom stereocenters. The number of hydrogen-bond acceptors (Lipinski definition) is 3. The molecule has 0 spiro atoms. The summed E-state index contributed by atoms with van der Waals surface area (Å²) in [5.41, 5.74) is 0.948. The Labute approximate surface area is 121 Å². The second kappa shape index (κ2) is 6.14. The molecule has 0 heterocycles. The average Bonchev–Trinajstić information content (AvgIpc) is 2.49. The van der Waals surface area contributed by atoms with Crippen molar-refractivity contribution >= 4 is 11.5 Å². The van der Waals surface area contributed by atoms with Crippen molar-refractivity contribution in [3.8, 4) is 6.07 Å². The number of carbonyl (C=O) groups is 1. The number of nitriles is 1. The number of anilines is 1. The largest absolute Gasteiger partial charge is 0.367 e. The zero-order valence-corrected chi connectivity index (χ0v) is 11.3. The topological polar surface area (TPSA) is 44.1 Å². The Morgan fingerprint density at radius 3 is 2.48 bits per heavy atom. The maximum atomic E-state index is 13.5. The fraction of sp³-hybridized carbons (Fsp3) is 0.125. The molecule has 0 aliphatic heterocycles. The van der Waals surface area contributed by atoms with Gasteiger partial charge in [-0.05, 0) is 42.5 Å². The monoisotopic (exact) mass is 286 g/mol. The van der Waals surface area contributed by atoms with Crippen LogP contribution < -0.4 is 4.90 Å². The molecule has 2 aromatic rings. The van der Waals surface area contributed by atoms with Crippen molar-refractivity contribution in [2.24, 2.45) is 0 Å². The summed E-state index contributed by atoms with van der Waals surface area (Å²) in [6, 6.07) is 11.4. The lowest BCUT2D eigenvalue weighted by Crippen LogP contribution is -2.26. The normalized spacial score (nSPS) is 10.0. The molecule has 0 saturated carbocycles. The minimum Gasteiger partial charge on any atom is -0.367 e. The molecule has 106 valence electrons. The molecule has 2 aromatic carbocycles. The van der Waals surface area contributed by atoms with Crippen LogP contribution in [-0.2, 0) is 0 Å². The minimum atomic E-state index is -0.741. The summed E-state index contributed by atoms with van der Waals surface area (Å²) in [4.78, 5) is 13.6. The van der Waals surface area contributed by atoms with Crippen molar-refractivity contribution in [3.05, 3.63) is 65.2 Å². The highest BCUT2D eigenvalue weighted by molar-refractivity contribution is 5.99. The van der Waals surface area contributed by atoms with Gasteiger partial charge < -0.3 is 4.90 Å². The summed E-state index contributed by atoms with van der Waals surface area (Å²) < 4.78 is 26.6. The number of hydrogen-bond donors (Lipinski definition) is 0. The van der Waals surface area contributed by atoms with Gasteiger partial charge in [0.2, 0.25) is 0 Å². The molecule has 0 fully saturated rings. The lowest BCUT2D eigenvalue weighted by molar-refractivity contribution is 0.0996. The van der Waals surface area contributed by atoms with Gasteiger partial charge >= 0.3 is 0 Å². The molecule has 5 heteroatoms. The number of ketones is 1. The van der Waals surface area contributed by atoms with Crippen LogP contribution >= 0.6 is 0 Å². The van der Waals surface area contributed by atoms with E-state index in [2.05, 4.69) is 0 Å². The van der Waals surface area contributed by atoms with E-state index in [9.17, 15) is 13.6 Å². The summed E-state index contributed by atoms with van der Waals surface area (Å²) in [5, 5.41) is 8.72. The summed E-state index contributed by atoms with van der Waals surface area (Å²) in [7, 11) is 1.66. The number of nitrogens with zero attached hydrogens (tertiary/aromatic N) is 2. The van der Waals surface area contributed by atoms with E-state index >= 15 is 0 Å². The fourth-order valence-corrected chi connectivity index (χ4v) is 1.89. The maximum absolute atomic E-state index is 13.5. The quantitative estimate of drug-likeness (QED) is 0.811. The molecule has 0 aliphatic rings. The Balaban J connectivity index is 2.14. The van der Waals surface area contributed by atoms with E-state index in [1.807, 2.05) is 6.07 Å². The fourth-order valence-electron chi connectivity index (χ4n) is 1.89. The van der Waals surface area contributed by atoms with Crippen LogP contribution in [0.4, 0.5) is 14.5 Å². The van der Waals surface area contributed by atoms with E-state index in [0.717, 1.165) is 18.2 Å². The van der Waals surface area contributed by atoms with Crippen molar-refractivity contribution in [2.45, 2.75) is 0 Å². The highest BCUT2D eigenvalue weighted by atomic mass is 19.1. The van der Waals surface area contributed by atoms with Gasteiger partial charge in [-0.1, -0.05) is 0 Å². The summed E-state index contributed by atoms with van der Waals surface area (Å²) in [6.45, 7) is -0.0910. The van der Waals surface area contributed by atoms with Gasteiger partial charge in [0.05, 0.1) is 23.7 Å². The molecule has 0 amide bonds. The Morgan fingerprint density at radius 1 is 1.19 bits per heavy atom. The molecule has 0 radical (unpaired) electrons. The second-order valence-electron chi connectivity index (χ2n) is 4.56. The Hall–Kier alpha value is -2.74. The van der Waals surface area contributed by atoms with Gasteiger partial charge in [0.25, 0.3) is 0 Å². The number of Topliss-reactive ketones (excluding diaryl/α,β-unsaturated/α-hetero) is 1. The Morgan fingerprint density at radius 2 is 1.86 bits per heavy atom. The summed E-state index contributed by atoms with van der Waals surface area (Å²) >= 11 is 0. The molecule has 0 bridgehead atoms. The molecule has 3 nitrogen and oxygen atoms in total. The standard InChI is InChI=1S/C16H12F2N2O/c1-20(13-5-2-11(9-19)3-6-13)10-16(21)14-8-12(17)4-7-15(14)18/h2-8H,10H2,1H3. The SMILES string of the molecule is CN(CC(=O)c1cc(F)ccc1F)c1ccc(C#N)cc1. The predicted molar refractivity (Wildman–Crippen MR) is 75.1 cm³/mol. The number of carbonyl (C=O) groups excluding carboxylic acids is 1. The number of rotatable bonds is 4. The van der Waals surface area contributed by atoms with Crippen molar-refractivity contribution < 1.29 is 13.6 Å². The third-order valence-corrected chi connectivity index (χ3v) is 3.05. The Kier molecular flexibility index (Phi) is 4.29. The van der Waals surface area contributed by atoms with Gasteiger partial charge in [-0.25, -0.2) is 8.78 Å². The maximum Gasteiger partial charge on any atom is 0.185 e. The van der Waals surface area contributed by atoms with E-state index in [4.69, 9.17) is 5.26 Å². The van der Waals surface area contributed by atoms with Crippen LogP contribution in [0.25, 0.3) is 0 Å². The second-order valence-corrected chi connectivity index (χ2v) is 4.56. The third kappa shape index (κ3) is 3.42. The molecular weight excluding hydrogens is 274 g/mol. The van der Waals surface area contributed by atoms with Crippen molar-refractivity contribution in [1.29, 1.82) is 5.26 Å². The number of halogens is 2. The van der Waals surface area contributed by atoms with Crippen LogP contribution in [0.2, 0.25) is 0 Å². The predicted octanol–water partition coefficient (Wildman–Crippen LogP) is 3.16. The van der Waals surface area contributed by atoms with Crippen LogP contribution in [0.15, 0.2) is 42.5 Å². The van der Waals surface area contributed by atoms with Crippen molar-refractivity contribution in [3.63, 3.8) is 0 Å². The molecule has 0 saturated heterocycles. The first-order chi connectivity index (χ1) is 10.0. The smallest absolute Gasteiger partial charge is 0.185 e. The zero-order valence-electron chi connectivity index (χ0n) is 11.3. The van der Waals surface area contributed by atoms with Crippen LogP contribution in [0.1, 0.15) is 15.9 Å². The van der Waals surface area contributed by atoms with E-state index in [0.29, 0.717) is 11.3 Å². The van der Waals surface area contributed by atoms with Crippen LogP contribution in [0, 0.1) is 23.0 Å². The van der Waals surface area contributed by atoms with Gasteiger partial charge in [-0.3, -0.25) is 4.79 Å². The highest BCUT2D eigenvalue weighted by Gasteiger charge is 2.15. The molecule has 2 rings (SSSR count). The van der Waals surface area contributed by atoms with Gasteiger partial charge in [0, 0.05) is 12.7 Å². The third-order valence-electron chi connectivity index (χ3n) is 3.05. The van der Waals surface area contributed by atoms with Crippen LogP contribution in [-0.4, -0.2) is 19.4 Å². The molecule has 0 atom stereocenters. The lowest BCUT2D eigenvalue weighted by atomic mass is 10.1. The van der Waals surface area contributed by atoms with Crippen molar-refractivity contribution in [2.75, 3.05) is 18.5 Å². The minimum absolute atomic E-state index is 0.0910. The zero-order chi connectivity index (χ0) is 15.4. The molecule has 0 N–H and O–H groups in total. The highest BCUT2D eigenvalue weighted by Crippen LogP contribution is 2.16. The van der Waals surface area contributed by atoms with E-state index < -0.39 is 17.4 Å². The van der Waals surface area contributed by atoms with Crippen LogP contribution in [0.5, 0.6) is 0 Å². The lowest BCUT2D eigenvalue weighted by Gasteiger charge is -2.18. The van der Waals surface area contributed by atoms with Crippen molar-refractivity contribution in [1.82, 2.24) is 0 Å². The van der Waals surface area contributed by atoms with Gasteiger partial charge in [-0.15, -0.1) is 0 Å². The van der Waals surface area contributed by atoms with E-state index in [1.54, 1.807) is 36.2 Å². The molecule has 21 heavy (non-hydrogen) atoms. The Bertz CT molecular complexity index is 705. The van der Waals surface area contributed by atoms with Gasteiger partial charge in [0.1, 0.15) is 11.6 Å². The summed E-state index contributed by atoms with van der Waals surface area (Å²) in [5.74, 6) is -1.91. The number of likely N-dealkylation sites (N-methyl/N-ethyl adjacent to an activating group) is 1. The van der Waals surface area contributed by atoms with Gasteiger partial charge in [0.15, 0.2) is 5.78 Å². The van der Waals surface area contributed by atoms with Gasteiger partial charge in [-0.2, -0.15) is 5.26 Å². The first-order valence-electron chi connectivity index (χ1n) is 6.21. The average molecular weight is 286 g/mol.